The standard InChI is InChI=1S/C20H22FNO3/c1-25-18-4-2-3-14(11-18)5-10-20(24)22-13-17(23)12-19(22)15-6-8-16(21)9-7-15/h2-4,6-9,11,17,19,23H,5,10,12-13H2,1H3/t17-,19-/m1/s1. The van der Waals surface area contributed by atoms with Crippen molar-refractivity contribution in [3.63, 3.8) is 0 Å². The third kappa shape index (κ3) is 4.17. The highest BCUT2D eigenvalue weighted by molar-refractivity contribution is 5.77. The molecule has 1 fully saturated rings. The van der Waals surface area contributed by atoms with E-state index >= 15 is 0 Å². The first-order valence-electron chi connectivity index (χ1n) is 8.42. The number of ether oxygens (including phenoxy) is 1. The first-order valence-corrected chi connectivity index (χ1v) is 8.42. The fraction of sp³-hybridized carbons (Fsp3) is 0.350. The molecular weight excluding hydrogens is 321 g/mol. The Balaban J connectivity index is 1.67. The number of hydrogen-bond donors (Lipinski definition) is 1. The number of hydrogen-bond acceptors (Lipinski definition) is 3. The third-order valence-electron chi connectivity index (χ3n) is 4.62. The molecule has 0 saturated carbocycles. The molecule has 0 spiro atoms. The summed E-state index contributed by atoms with van der Waals surface area (Å²) in [6, 6.07) is 13.6. The van der Waals surface area contributed by atoms with E-state index in [9.17, 15) is 14.3 Å². The average Bonchev–Trinajstić information content (AvgIpc) is 3.02. The lowest BCUT2D eigenvalue weighted by atomic mass is 10.0. The number of β-amino-alcohol motifs (C(OH)–C–C–N with tert-alkyl or cyclic N) is 1. The minimum absolute atomic E-state index is 0.00584. The molecule has 25 heavy (non-hydrogen) atoms. The van der Waals surface area contributed by atoms with Crippen LogP contribution in [0.1, 0.15) is 30.0 Å². The van der Waals surface area contributed by atoms with Crippen LogP contribution in [0, 0.1) is 5.82 Å². The van der Waals surface area contributed by atoms with Gasteiger partial charge >= 0.3 is 0 Å². The van der Waals surface area contributed by atoms with E-state index in [-0.39, 0.29) is 17.8 Å². The molecule has 5 heteroatoms. The molecule has 132 valence electrons. The van der Waals surface area contributed by atoms with Crippen molar-refractivity contribution < 1.29 is 19.0 Å². The number of methoxy groups -OCH3 is 1. The molecule has 0 bridgehead atoms. The van der Waals surface area contributed by atoms with Crippen LogP contribution in [0.4, 0.5) is 4.39 Å². The SMILES string of the molecule is COc1cccc(CCC(=O)N2C[C@H](O)C[C@@H]2c2ccc(F)cc2)c1. The lowest BCUT2D eigenvalue weighted by Crippen LogP contribution is -2.31. The molecule has 0 radical (unpaired) electrons. The molecule has 1 amide bonds. The van der Waals surface area contributed by atoms with Crippen LogP contribution in [0.15, 0.2) is 48.5 Å². The van der Waals surface area contributed by atoms with Crippen molar-refractivity contribution in [1.82, 2.24) is 4.90 Å². The topological polar surface area (TPSA) is 49.8 Å². The summed E-state index contributed by atoms with van der Waals surface area (Å²) in [5, 5.41) is 10.0. The van der Waals surface area contributed by atoms with E-state index in [0.29, 0.717) is 25.8 Å². The molecule has 3 rings (SSSR count). The van der Waals surface area contributed by atoms with E-state index in [2.05, 4.69) is 0 Å². The minimum Gasteiger partial charge on any atom is -0.497 e. The van der Waals surface area contributed by atoms with Crippen LogP contribution < -0.4 is 4.74 Å². The summed E-state index contributed by atoms with van der Waals surface area (Å²) in [6.07, 6.45) is 0.906. The number of aryl methyl sites for hydroxylation is 1. The predicted molar refractivity (Wildman–Crippen MR) is 92.8 cm³/mol. The lowest BCUT2D eigenvalue weighted by molar-refractivity contribution is -0.132. The molecular formula is C20H22FNO3. The molecule has 2 aromatic carbocycles. The number of likely N-dealkylation sites (tertiary alicyclic amines) is 1. The fourth-order valence-corrected chi connectivity index (χ4v) is 3.31. The smallest absolute Gasteiger partial charge is 0.223 e. The van der Waals surface area contributed by atoms with Crippen LogP contribution >= 0.6 is 0 Å². The maximum atomic E-state index is 13.1. The largest absolute Gasteiger partial charge is 0.497 e. The van der Waals surface area contributed by atoms with Crippen LogP contribution in [0.5, 0.6) is 5.75 Å². The zero-order chi connectivity index (χ0) is 17.8. The van der Waals surface area contributed by atoms with Crippen molar-refractivity contribution in [2.75, 3.05) is 13.7 Å². The molecule has 1 aliphatic rings. The maximum Gasteiger partial charge on any atom is 0.223 e. The monoisotopic (exact) mass is 343 g/mol. The number of nitrogens with zero attached hydrogens (tertiary/aromatic N) is 1. The Labute approximate surface area is 146 Å². The third-order valence-corrected chi connectivity index (χ3v) is 4.62. The van der Waals surface area contributed by atoms with Gasteiger partial charge in [0.05, 0.1) is 19.3 Å². The highest BCUT2D eigenvalue weighted by atomic mass is 19.1. The van der Waals surface area contributed by atoms with Gasteiger partial charge in [0.2, 0.25) is 5.91 Å². The zero-order valence-corrected chi connectivity index (χ0v) is 14.2. The Bertz CT molecular complexity index is 732. The van der Waals surface area contributed by atoms with Gasteiger partial charge in [-0.2, -0.15) is 0 Å². The van der Waals surface area contributed by atoms with Gasteiger partial charge in [-0.25, -0.2) is 4.39 Å². The van der Waals surface area contributed by atoms with Gasteiger partial charge in [-0.15, -0.1) is 0 Å². The molecule has 0 unspecified atom stereocenters. The molecule has 2 aromatic rings. The van der Waals surface area contributed by atoms with Crippen LogP contribution in [0.2, 0.25) is 0 Å². The van der Waals surface area contributed by atoms with E-state index in [0.717, 1.165) is 16.9 Å². The molecule has 1 heterocycles. The Hall–Kier alpha value is -2.40. The summed E-state index contributed by atoms with van der Waals surface area (Å²) in [5.74, 6) is 0.456. The van der Waals surface area contributed by atoms with E-state index in [4.69, 9.17) is 4.74 Å². The second-order valence-electron chi connectivity index (χ2n) is 6.35. The van der Waals surface area contributed by atoms with Gasteiger partial charge in [-0.05, 0) is 48.2 Å². The summed E-state index contributed by atoms with van der Waals surface area (Å²) in [6.45, 7) is 0.318. The van der Waals surface area contributed by atoms with E-state index < -0.39 is 6.10 Å². The highest BCUT2D eigenvalue weighted by Crippen LogP contribution is 2.33. The van der Waals surface area contributed by atoms with Gasteiger partial charge in [-0.3, -0.25) is 4.79 Å². The van der Waals surface area contributed by atoms with Gasteiger partial charge in [0, 0.05) is 13.0 Å². The average molecular weight is 343 g/mol. The first kappa shape index (κ1) is 17.4. The molecule has 4 nitrogen and oxygen atoms in total. The number of rotatable bonds is 5. The second-order valence-corrected chi connectivity index (χ2v) is 6.35. The number of amides is 1. The summed E-state index contributed by atoms with van der Waals surface area (Å²) >= 11 is 0. The van der Waals surface area contributed by atoms with Gasteiger partial charge in [-0.1, -0.05) is 24.3 Å². The number of carbonyl (C=O) groups is 1. The Morgan fingerprint density at radius 2 is 2.04 bits per heavy atom. The Kier molecular flexibility index (Phi) is 5.34. The van der Waals surface area contributed by atoms with Crippen molar-refractivity contribution in [3.8, 4) is 5.75 Å². The first-order chi connectivity index (χ1) is 12.1. The molecule has 2 atom stereocenters. The highest BCUT2D eigenvalue weighted by Gasteiger charge is 2.34. The zero-order valence-electron chi connectivity index (χ0n) is 14.2. The molecule has 1 aliphatic heterocycles. The van der Waals surface area contributed by atoms with Gasteiger partial charge < -0.3 is 14.7 Å². The molecule has 0 aliphatic carbocycles. The van der Waals surface area contributed by atoms with E-state index in [1.54, 1.807) is 24.1 Å². The van der Waals surface area contributed by atoms with E-state index in [1.807, 2.05) is 24.3 Å². The Morgan fingerprint density at radius 1 is 1.28 bits per heavy atom. The predicted octanol–water partition coefficient (Wildman–Crippen LogP) is 3.10. The summed E-state index contributed by atoms with van der Waals surface area (Å²) in [7, 11) is 1.61. The van der Waals surface area contributed by atoms with Gasteiger partial charge in [0.15, 0.2) is 0 Å². The number of halogens is 1. The summed E-state index contributed by atoms with van der Waals surface area (Å²) < 4.78 is 18.3. The molecule has 1 N–H and O–H groups in total. The number of aliphatic hydroxyl groups excluding tert-OH is 1. The number of carbonyl (C=O) groups excluding carboxylic acids is 1. The number of benzene rings is 2. The van der Waals surface area contributed by atoms with Crippen LogP contribution in [-0.2, 0) is 11.2 Å². The molecule has 0 aromatic heterocycles. The minimum atomic E-state index is -0.546. The lowest BCUT2D eigenvalue weighted by Gasteiger charge is -2.25. The van der Waals surface area contributed by atoms with Crippen molar-refractivity contribution in [1.29, 1.82) is 0 Å². The molecule has 1 saturated heterocycles. The van der Waals surface area contributed by atoms with Crippen molar-refractivity contribution >= 4 is 5.91 Å². The Morgan fingerprint density at radius 3 is 2.76 bits per heavy atom. The van der Waals surface area contributed by atoms with E-state index in [1.165, 1.54) is 12.1 Å². The van der Waals surface area contributed by atoms with Crippen molar-refractivity contribution in [2.24, 2.45) is 0 Å². The fourth-order valence-electron chi connectivity index (χ4n) is 3.31. The van der Waals surface area contributed by atoms with Gasteiger partial charge in [0.1, 0.15) is 11.6 Å². The van der Waals surface area contributed by atoms with Crippen molar-refractivity contribution in [3.05, 3.63) is 65.5 Å². The second kappa shape index (κ2) is 7.66. The maximum absolute atomic E-state index is 13.1. The normalized spacial score (nSPS) is 19.9. The van der Waals surface area contributed by atoms with Crippen LogP contribution in [-0.4, -0.2) is 35.7 Å². The summed E-state index contributed by atoms with van der Waals surface area (Å²) in [5.41, 5.74) is 1.89. The quantitative estimate of drug-likeness (QED) is 0.908. The van der Waals surface area contributed by atoms with Gasteiger partial charge in [0.25, 0.3) is 0 Å². The van der Waals surface area contributed by atoms with Crippen LogP contribution in [0.3, 0.4) is 0 Å². The summed E-state index contributed by atoms with van der Waals surface area (Å²) in [4.78, 5) is 14.4. The van der Waals surface area contributed by atoms with Crippen molar-refractivity contribution in [2.45, 2.75) is 31.4 Å². The van der Waals surface area contributed by atoms with Crippen LogP contribution in [0.25, 0.3) is 0 Å². The number of aliphatic hydroxyl groups is 1.